The van der Waals surface area contributed by atoms with Gasteiger partial charge >= 0.3 is 0 Å². The zero-order valence-corrected chi connectivity index (χ0v) is 15.5. The maximum atomic E-state index is 12.1. The predicted molar refractivity (Wildman–Crippen MR) is 104 cm³/mol. The Balaban J connectivity index is 1.77. The Labute approximate surface area is 158 Å². The van der Waals surface area contributed by atoms with Crippen molar-refractivity contribution in [1.82, 2.24) is 9.97 Å². The molecule has 130 valence electrons. The third kappa shape index (κ3) is 3.25. The van der Waals surface area contributed by atoms with Crippen LogP contribution in [0.2, 0.25) is 0 Å². The first-order valence-electron chi connectivity index (χ1n) is 7.99. The van der Waals surface area contributed by atoms with Crippen molar-refractivity contribution in [2.24, 2.45) is 0 Å². The number of carbonyl (C=O) groups is 1. The van der Waals surface area contributed by atoms with Crippen molar-refractivity contribution in [3.8, 4) is 17.0 Å². The van der Waals surface area contributed by atoms with E-state index in [2.05, 4.69) is 36.5 Å². The Kier molecular flexibility index (Phi) is 4.30. The lowest BCUT2D eigenvalue weighted by atomic mass is 10.1. The Hall–Kier alpha value is -2.93. The number of benzene rings is 2. The molecule has 0 atom stereocenters. The Bertz CT molecular complexity index is 1010. The Morgan fingerprint density at radius 1 is 1.23 bits per heavy atom. The molecule has 0 spiro atoms. The molecular weight excluding hydrogens is 396 g/mol. The summed E-state index contributed by atoms with van der Waals surface area (Å²) in [6.45, 7) is 0. The van der Waals surface area contributed by atoms with Crippen LogP contribution in [-0.4, -0.2) is 23.0 Å². The van der Waals surface area contributed by atoms with E-state index >= 15 is 0 Å². The van der Waals surface area contributed by atoms with Crippen molar-refractivity contribution in [3.05, 3.63) is 58.7 Å². The fraction of sp³-hybridized carbons (Fsp3) is 0.105. The molecule has 0 fully saturated rings. The summed E-state index contributed by atoms with van der Waals surface area (Å²) in [6, 6.07) is 13.2. The fourth-order valence-corrected chi connectivity index (χ4v) is 3.21. The van der Waals surface area contributed by atoms with Crippen LogP contribution in [0.15, 0.2) is 53.1 Å². The molecule has 2 N–H and O–H groups in total. The number of halogens is 1. The monoisotopic (exact) mass is 410 g/mol. The van der Waals surface area contributed by atoms with Gasteiger partial charge < -0.3 is 15.4 Å². The van der Waals surface area contributed by atoms with E-state index in [0.29, 0.717) is 5.95 Å². The summed E-state index contributed by atoms with van der Waals surface area (Å²) in [6.07, 6.45) is 1.93. The molecule has 0 bridgehead atoms. The first-order valence-corrected chi connectivity index (χ1v) is 8.78. The van der Waals surface area contributed by atoms with Gasteiger partial charge in [0, 0.05) is 33.6 Å². The highest BCUT2D eigenvalue weighted by Gasteiger charge is 2.21. The van der Waals surface area contributed by atoms with E-state index in [-0.39, 0.29) is 12.3 Å². The molecule has 4 rings (SSSR count). The van der Waals surface area contributed by atoms with Gasteiger partial charge in [0.1, 0.15) is 5.75 Å². The standard InChI is InChI=1S/C19H15BrN4O2/c1-26-14-4-2-3-13(9-14)22-19-21-10-11-7-17(25)23-16-6-5-12(20)8-15(16)18(11)24-19/h2-6,8-10H,7H2,1H3,(H,23,25)(H,21,22,24). The number of fused-ring (bicyclic) bond motifs is 3. The van der Waals surface area contributed by atoms with E-state index in [4.69, 9.17) is 4.74 Å². The molecule has 1 amide bonds. The number of methoxy groups -OCH3 is 1. The zero-order valence-electron chi connectivity index (χ0n) is 13.9. The van der Waals surface area contributed by atoms with E-state index < -0.39 is 0 Å². The molecule has 2 aromatic carbocycles. The van der Waals surface area contributed by atoms with Gasteiger partial charge in [0.25, 0.3) is 0 Å². The van der Waals surface area contributed by atoms with Crippen LogP contribution in [0.25, 0.3) is 11.3 Å². The molecule has 0 saturated heterocycles. The van der Waals surface area contributed by atoms with E-state index in [0.717, 1.165) is 38.4 Å². The molecule has 0 radical (unpaired) electrons. The number of aromatic nitrogens is 2. The quantitative estimate of drug-likeness (QED) is 0.677. The van der Waals surface area contributed by atoms with E-state index in [1.165, 1.54) is 0 Å². The second-order valence-corrected chi connectivity index (χ2v) is 6.75. The first-order chi connectivity index (χ1) is 12.6. The summed E-state index contributed by atoms with van der Waals surface area (Å²) in [4.78, 5) is 21.2. The van der Waals surface area contributed by atoms with Crippen molar-refractivity contribution in [2.75, 3.05) is 17.7 Å². The van der Waals surface area contributed by atoms with Gasteiger partial charge in [0.15, 0.2) is 0 Å². The van der Waals surface area contributed by atoms with Crippen LogP contribution in [0, 0.1) is 0 Å². The first kappa shape index (κ1) is 16.5. The normalized spacial score (nSPS) is 12.5. The number of amides is 1. The van der Waals surface area contributed by atoms with Crippen LogP contribution in [-0.2, 0) is 11.2 Å². The zero-order chi connectivity index (χ0) is 18.1. The average Bonchev–Trinajstić information content (AvgIpc) is 2.77. The largest absolute Gasteiger partial charge is 0.497 e. The Morgan fingerprint density at radius 3 is 2.96 bits per heavy atom. The van der Waals surface area contributed by atoms with Crippen molar-refractivity contribution < 1.29 is 9.53 Å². The van der Waals surface area contributed by atoms with Gasteiger partial charge in [0.2, 0.25) is 11.9 Å². The van der Waals surface area contributed by atoms with Crippen LogP contribution in [0.3, 0.4) is 0 Å². The van der Waals surface area contributed by atoms with Gasteiger partial charge in [0.05, 0.1) is 24.9 Å². The van der Waals surface area contributed by atoms with Gasteiger partial charge in [-0.3, -0.25) is 4.79 Å². The van der Waals surface area contributed by atoms with Gasteiger partial charge in [-0.05, 0) is 30.3 Å². The molecule has 2 heterocycles. The molecule has 3 aromatic rings. The molecule has 0 saturated carbocycles. The number of carbonyl (C=O) groups excluding carboxylic acids is 1. The SMILES string of the molecule is COc1cccc(Nc2ncc3c(n2)-c2cc(Br)ccc2NC(=O)C3)c1. The highest BCUT2D eigenvalue weighted by atomic mass is 79.9. The van der Waals surface area contributed by atoms with Crippen molar-refractivity contribution >= 4 is 39.2 Å². The third-order valence-electron chi connectivity index (χ3n) is 4.05. The summed E-state index contributed by atoms with van der Waals surface area (Å²) in [5, 5.41) is 6.10. The van der Waals surface area contributed by atoms with E-state index in [1.807, 2.05) is 42.5 Å². The number of hydrogen-bond donors (Lipinski definition) is 2. The lowest BCUT2D eigenvalue weighted by Crippen LogP contribution is -2.12. The number of nitrogens with one attached hydrogen (secondary N) is 2. The smallest absolute Gasteiger partial charge is 0.228 e. The second kappa shape index (κ2) is 6.76. The summed E-state index contributed by atoms with van der Waals surface area (Å²) in [5.41, 5.74) is 3.94. The fourth-order valence-electron chi connectivity index (χ4n) is 2.85. The summed E-state index contributed by atoms with van der Waals surface area (Å²) < 4.78 is 6.16. The maximum absolute atomic E-state index is 12.1. The topological polar surface area (TPSA) is 76.1 Å². The predicted octanol–water partition coefficient (Wildman–Crippen LogP) is 4.15. The lowest BCUT2D eigenvalue weighted by molar-refractivity contribution is -0.115. The molecule has 6 nitrogen and oxygen atoms in total. The van der Waals surface area contributed by atoms with Gasteiger partial charge in [-0.15, -0.1) is 0 Å². The van der Waals surface area contributed by atoms with Crippen LogP contribution in [0.5, 0.6) is 5.75 Å². The van der Waals surface area contributed by atoms with E-state index in [1.54, 1.807) is 13.3 Å². The minimum atomic E-state index is -0.0792. The van der Waals surface area contributed by atoms with E-state index in [9.17, 15) is 4.79 Å². The highest BCUT2D eigenvalue weighted by molar-refractivity contribution is 9.10. The van der Waals surface area contributed by atoms with Gasteiger partial charge in [-0.1, -0.05) is 22.0 Å². The molecule has 7 heteroatoms. The summed E-state index contributed by atoms with van der Waals surface area (Å²) in [7, 11) is 1.62. The van der Waals surface area contributed by atoms with Crippen LogP contribution < -0.4 is 15.4 Å². The second-order valence-electron chi connectivity index (χ2n) is 5.84. The number of anilines is 3. The number of nitrogens with zero attached hydrogens (tertiary/aromatic N) is 2. The molecule has 0 aliphatic carbocycles. The van der Waals surface area contributed by atoms with Crippen LogP contribution in [0.4, 0.5) is 17.3 Å². The van der Waals surface area contributed by atoms with Crippen molar-refractivity contribution in [3.63, 3.8) is 0 Å². The highest BCUT2D eigenvalue weighted by Crippen LogP contribution is 2.35. The maximum Gasteiger partial charge on any atom is 0.228 e. The van der Waals surface area contributed by atoms with Crippen molar-refractivity contribution in [1.29, 1.82) is 0 Å². The third-order valence-corrected chi connectivity index (χ3v) is 4.55. The average molecular weight is 411 g/mol. The number of hydrogen-bond acceptors (Lipinski definition) is 5. The summed E-state index contributed by atoms with van der Waals surface area (Å²) >= 11 is 3.49. The number of rotatable bonds is 3. The van der Waals surface area contributed by atoms with Gasteiger partial charge in [-0.2, -0.15) is 0 Å². The molecule has 1 aliphatic rings. The van der Waals surface area contributed by atoms with Crippen LogP contribution >= 0.6 is 15.9 Å². The molecule has 0 unspecified atom stereocenters. The number of ether oxygens (including phenoxy) is 1. The minimum absolute atomic E-state index is 0.0792. The summed E-state index contributed by atoms with van der Waals surface area (Å²) in [5.74, 6) is 1.12. The molecule has 1 aromatic heterocycles. The lowest BCUT2D eigenvalue weighted by Gasteiger charge is -2.11. The van der Waals surface area contributed by atoms with Crippen LogP contribution in [0.1, 0.15) is 5.56 Å². The minimum Gasteiger partial charge on any atom is -0.497 e. The van der Waals surface area contributed by atoms with Crippen molar-refractivity contribution in [2.45, 2.75) is 6.42 Å². The van der Waals surface area contributed by atoms with Gasteiger partial charge in [-0.25, -0.2) is 9.97 Å². The Morgan fingerprint density at radius 2 is 2.12 bits per heavy atom. The molecule has 1 aliphatic heterocycles. The molecular formula is C19H15BrN4O2. The molecule has 26 heavy (non-hydrogen) atoms.